The van der Waals surface area contributed by atoms with Gasteiger partial charge in [0, 0.05) is 0 Å². The van der Waals surface area contributed by atoms with Crippen molar-refractivity contribution in [2.45, 2.75) is 37.6 Å². The number of carboxylic acids is 1. The minimum absolute atomic E-state index is 0.690. The number of carboxylic acid groups (broad SMARTS) is 1. The second kappa shape index (κ2) is 4.39. The second-order valence-electron chi connectivity index (χ2n) is 5.55. The van der Waals surface area contributed by atoms with Crippen LogP contribution in [0, 0.1) is 5.92 Å². The number of benzene rings is 1. The first-order valence-electron chi connectivity index (χ1n) is 6.79. The van der Waals surface area contributed by atoms with Gasteiger partial charge in [0.05, 0.1) is 0 Å². The summed E-state index contributed by atoms with van der Waals surface area (Å²) in [5, 5.41) is 13.1. The van der Waals surface area contributed by atoms with Gasteiger partial charge >= 0.3 is 5.97 Å². The zero-order valence-electron chi connectivity index (χ0n) is 10.5. The molecule has 1 atom stereocenters. The van der Waals surface area contributed by atoms with Crippen molar-refractivity contribution in [3.05, 3.63) is 35.4 Å². The van der Waals surface area contributed by atoms with Gasteiger partial charge in [0.2, 0.25) is 0 Å². The van der Waals surface area contributed by atoms with Crippen LogP contribution in [0.15, 0.2) is 24.3 Å². The fourth-order valence-corrected chi connectivity index (χ4v) is 2.96. The minimum Gasteiger partial charge on any atom is -0.480 e. The van der Waals surface area contributed by atoms with E-state index in [0.29, 0.717) is 12.3 Å². The van der Waals surface area contributed by atoms with Crippen molar-refractivity contribution < 1.29 is 9.90 Å². The maximum absolute atomic E-state index is 11.8. The third-order valence-corrected chi connectivity index (χ3v) is 4.23. The molecule has 1 fully saturated rings. The normalized spacial score (nSPS) is 26.7. The van der Waals surface area contributed by atoms with Gasteiger partial charge < -0.3 is 5.11 Å². The fraction of sp³-hybridized carbons (Fsp3) is 0.533. The molecule has 18 heavy (non-hydrogen) atoms. The van der Waals surface area contributed by atoms with Gasteiger partial charge in [-0.15, -0.1) is 0 Å². The van der Waals surface area contributed by atoms with E-state index >= 15 is 0 Å². The maximum atomic E-state index is 11.8. The average Bonchev–Trinajstić information content (AvgIpc) is 3.20. The lowest BCUT2D eigenvalue weighted by molar-refractivity contribution is -0.146. The Morgan fingerprint density at radius 1 is 1.39 bits per heavy atom. The zero-order valence-corrected chi connectivity index (χ0v) is 10.5. The van der Waals surface area contributed by atoms with Crippen LogP contribution >= 0.6 is 0 Å². The molecule has 0 spiro atoms. The molecule has 0 bridgehead atoms. The van der Waals surface area contributed by atoms with E-state index in [9.17, 15) is 9.90 Å². The summed E-state index contributed by atoms with van der Waals surface area (Å²) in [6, 6.07) is 7.98. The highest BCUT2D eigenvalue weighted by Gasteiger charge is 2.43. The maximum Gasteiger partial charge on any atom is 0.328 e. The Morgan fingerprint density at radius 3 is 2.89 bits per heavy atom. The van der Waals surface area contributed by atoms with Gasteiger partial charge in [-0.05, 0) is 55.7 Å². The topological polar surface area (TPSA) is 49.3 Å². The second-order valence-corrected chi connectivity index (χ2v) is 5.55. The SMILES string of the molecule is O=C(O)C1(NCC2CC2)CCCc2ccccc21. The van der Waals surface area contributed by atoms with E-state index < -0.39 is 11.5 Å². The lowest BCUT2D eigenvalue weighted by atomic mass is 9.76. The van der Waals surface area contributed by atoms with E-state index in [1.54, 1.807) is 0 Å². The molecule has 1 aromatic rings. The van der Waals surface area contributed by atoms with Crippen molar-refractivity contribution in [1.82, 2.24) is 5.32 Å². The number of aryl methyl sites for hydroxylation is 1. The summed E-state index contributed by atoms with van der Waals surface area (Å²) in [6.45, 7) is 0.834. The van der Waals surface area contributed by atoms with E-state index in [4.69, 9.17) is 0 Å². The summed E-state index contributed by atoms with van der Waals surface area (Å²) in [6.07, 6.45) is 5.12. The van der Waals surface area contributed by atoms with Crippen LogP contribution in [0.4, 0.5) is 0 Å². The highest BCUT2D eigenvalue weighted by Crippen LogP contribution is 2.37. The smallest absolute Gasteiger partial charge is 0.328 e. The number of carbonyl (C=O) groups is 1. The summed E-state index contributed by atoms with van der Waals surface area (Å²) < 4.78 is 0. The number of hydrogen-bond acceptors (Lipinski definition) is 2. The molecule has 96 valence electrons. The Balaban J connectivity index is 1.95. The molecule has 3 heteroatoms. The van der Waals surface area contributed by atoms with Crippen LogP contribution in [-0.2, 0) is 16.8 Å². The first-order chi connectivity index (χ1) is 8.72. The molecule has 1 aromatic carbocycles. The van der Waals surface area contributed by atoms with Crippen molar-refractivity contribution in [3.63, 3.8) is 0 Å². The molecule has 0 aliphatic heterocycles. The largest absolute Gasteiger partial charge is 0.480 e. The van der Waals surface area contributed by atoms with Crippen molar-refractivity contribution in [1.29, 1.82) is 0 Å². The summed E-state index contributed by atoms with van der Waals surface area (Å²) in [7, 11) is 0. The summed E-state index contributed by atoms with van der Waals surface area (Å²) >= 11 is 0. The Kier molecular flexibility index (Phi) is 2.86. The Hall–Kier alpha value is -1.35. The molecule has 1 unspecified atom stereocenters. The van der Waals surface area contributed by atoms with E-state index in [1.165, 1.54) is 18.4 Å². The van der Waals surface area contributed by atoms with Crippen LogP contribution in [0.1, 0.15) is 36.8 Å². The molecule has 3 rings (SSSR count). The van der Waals surface area contributed by atoms with Crippen molar-refractivity contribution in [2.75, 3.05) is 6.54 Å². The monoisotopic (exact) mass is 245 g/mol. The van der Waals surface area contributed by atoms with Crippen molar-refractivity contribution >= 4 is 5.97 Å². The molecule has 0 amide bonds. The number of nitrogens with one attached hydrogen (secondary N) is 1. The lowest BCUT2D eigenvalue weighted by Gasteiger charge is -2.36. The van der Waals surface area contributed by atoms with E-state index in [1.807, 2.05) is 18.2 Å². The van der Waals surface area contributed by atoms with Crippen LogP contribution in [0.5, 0.6) is 0 Å². The lowest BCUT2D eigenvalue weighted by Crippen LogP contribution is -2.52. The van der Waals surface area contributed by atoms with Crippen LogP contribution in [-0.4, -0.2) is 17.6 Å². The first-order valence-corrected chi connectivity index (χ1v) is 6.79. The van der Waals surface area contributed by atoms with E-state index in [0.717, 1.165) is 24.9 Å². The molecule has 2 aliphatic carbocycles. The Bertz CT molecular complexity index is 467. The average molecular weight is 245 g/mol. The quantitative estimate of drug-likeness (QED) is 0.855. The van der Waals surface area contributed by atoms with Crippen molar-refractivity contribution in [3.8, 4) is 0 Å². The molecule has 0 saturated heterocycles. The molecule has 3 nitrogen and oxygen atoms in total. The van der Waals surface area contributed by atoms with Gasteiger partial charge in [-0.1, -0.05) is 24.3 Å². The van der Waals surface area contributed by atoms with Crippen LogP contribution in [0.2, 0.25) is 0 Å². The predicted octanol–water partition coefficient (Wildman–Crippen LogP) is 2.30. The molecule has 2 N–H and O–H groups in total. The van der Waals surface area contributed by atoms with Gasteiger partial charge in [-0.3, -0.25) is 5.32 Å². The summed E-state index contributed by atoms with van der Waals surface area (Å²) in [5.41, 5.74) is 1.32. The Labute approximate surface area is 107 Å². The molecular formula is C15H19NO2. The third-order valence-electron chi connectivity index (χ3n) is 4.23. The van der Waals surface area contributed by atoms with Gasteiger partial charge in [-0.2, -0.15) is 0 Å². The number of fused-ring (bicyclic) bond motifs is 1. The van der Waals surface area contributed by atoms with Gasteiger partial charge in [-0.25, -0.2) is 4.79 Å². The van der Waals surface area contributed by atoms with Crippen LogP contribution < -0.4 is 5.32 Å². The highest BCUT2D eigenvalue weighted by molar-refractivity contribution is 5.81. The van der Waals surface area contributed by atoms with E-state index in [-0.39, 0.29) is 0 Å². The highest BCUT2D eigenvalue weighted by atomic mass is 16.4. The van der Waals surface area contributed by atoms with Crippen LogP contribution in [0.3, 0.4) is 0 Å². The Morgan fingerprint density at radius 2 is 2.17 bits per heavy atom. The summed E-state index contributed by atoms with van der Waals surface area (Å²) in [4.78, 5) is 11.8. The number of hydrogen-bond donors (Lipinski definition) is 2. The molecule has 0 heterocycles. The number of rotatable bonds is 4. The van der Waals surface area contributed by atoms with Crippen LogP contribution in [0.25, 0.3) is 0 Å². The van der Waals surface area contributed by atoms with E-state index in [2.05, 4.69) is 11.4 Å². The molecule has 0 radical (unpaired) electrons. The zero-order chi connectivity index (χ0) is 12.6. The predicted molar refractivity (Wildman–Crippen MR) is 69.4 cm³/mol. The molecule has 1 saturated carbocycles. The number of aliphatic carboxylic acids is 1. The van der Waals surface area contributed by atoms with Crippen molar-refractivity contribution in [2.24, 2.45) is 5.92 Å². The van der Waals surface area contributed by atoms with Gasteiger partial charge in [0.25, 0.3) is 0 Å². The standard InChI is InChI=1S/C15H19NO2/c17-14(18)15(16-10-11-7-8-11)9-3-5-12-4-1-2-6-13(12)15/h1-2,4,6,11,16H,3,5,7-10H2,(H,17,18). The molecule has 2 aliphatic rings. The fourth-order valence-electron chi connectivity index (χ4n) is 2.96. The van der Waals surface area contributed by atoms with Gasteiger partial charge in [0.1, 0.15) is 5.54 Å². The van der Waals surface area contributed by atoms with Gasteiger partial charge in [0.15, 0.2) is 0 Å². The summed E-state index contributed by atoms with van der Waals surface area (Å²) in [5.74, 6) is -0.0365. The third kappa shape index (κ3) is 1.93. The minimum atomic E-state index is -0.850. The first kappa shape index (κ1) is 11.7. The molecular weight excluding hydrogens is 226 g/mol. The molecule has 0 aromatic heterocycles.